The third-order valence-corrected chi connectivity index (χ3v) is 3.23. The number of benzene rings is 1. The summed E-state index contributed by atoms with van der Waals surface area (Å²) in [7, 11) is 0. The van der Waals surface area contributed by atoms with Crippen LogP contribution < -0.4 is 5.32 Å². The Bertz CT molecular complexity index is 387. The summed E-state index contributed by atoms with van der Waals surface area (Å²) in [4.78, 5) is 11.9. The summed E-state index contributed by atoms with van der Waals surface area (Å²) in [5, 5.41) is 3.20. The van der Waals surface area contributed by atoms with Gasteiger partial charge in [0.15, 0.2) is 0 Å². The molecular weight excluding hydrogens is 210 g/mol. The minimum Gasteiger partial charge on any atom is -0.349 e. The van der Waals surface area contributed by atoms with Crippen LogP contribution in [0.5, 0.6) is 0 Å². The number of nitrogens with one attached hydrogen (secondary N) is 1. The lowest BCUT2D eigenvalue weighted by Crippen LogP contribution is -2.37. The molecular formula is C15H21NO. The van der Waals surface area contributed by atoms with Crippen molar-refractivity contribution in [2.75, 3.05) is 0 Å². The zero-order chi connectivity index (χ0) is 12.5. The summed E-state index contributed by atoms with van der Waals surface area (Å²) in [5.74, 6) is 0.484. The average Bonchev–Trinajstić information content (AvgIpc) is 3.09. The summed E-state index contributed by atoms with van der Waals surface area (Å²) >= 11 is 0. The molecule has 2 heteroatoms. The maximum Gasteiger partial charge on any atom is 0.223 e. The Labute approximate surface area is 103 Å². The quantitative estimate of drug-likeness (QED) is 0.849. The van der Waals surface area contributed by atoms with Crippen LogP contribution in [0.4, 0.5) is 0 Å². The van der Waals surface area contributed by atoms with E-state index in [0.29, 0.717) is 0 Å². The zero-order valence-corrected chi connectivity index (χ0v) is 10.9. The van der Waals surface area contributed by atoms with Crippen LogP contribution in [-0.4, -0.2) is 5.91 Å². The fraction of sp³-hybridized carbons (Fsp3) is 0.533. The molecule has 0 radical (unpaired) electrons. The van der Waals surface area contributed by atoms with Crippen molar-refractivity contribution in [3.8, 4) is 0 Å². The highest BCUT2D eigenvalue weighted by Crippen LogP contribution is 2.35. The number of hydrogen-bond donors (Lipinski definition) is 1. The van der Waals surface area contributed by atoms with E-state index in [2.05, 4.69) is 38.2 Å². The van der Waals surface area contributed by atoms with Crippen LogP contribution in [0.25, 0.3) is 0 Å². The normalized spacial score (nSPS) is 17.6. The first-order valence-electron chi connectivity index (χ1n) is 6.34. The van der Waals surface area contributed by atoms with Crippen LogP contribution in [0.1, 0.15) is 45.2 Å². The lowest BCUT2D eigenvalue weighted by molar-refractivity contribution is -0.123. The van der Waals surface area contributed by atoms with E-state index < -0.39 is 0 Å². The molecule has 1 N–H and O–H groups in total. The van der Waals surface area contributed by atoms with Gasteiger partial charge in [0.2, 0.25) is 5.91 Å². The van der Waals surface area contributed by atoms with Gasteiger partial charge < -0.3 is 5.32 Å². The number of rotatable bonds is 3. The predicted octanol–water partition coefficient (Wildman–Crippen LogP) is 3.30. The second-order valence-electron chi connectivity index (χ2n) is 5.99. The summed E-state index contributed by atoms with van der Waals surface area (Å²) in [5.41, 5.74) is 1.22. The molecule has 0 aliphatic heterocycles. The van der Waals surface area contributed by atoms with Gasteiger partial charge in [0.05, 0.1) is 6.04 Å². The van der Waals surface area contributed by atoms with Crippen molar-refractivity contribution in [1.29, 1.82) is 0 Å². The van der Waals surface area contributed by atoms with Gasteiger partial charge in [-0.3, -0.25) is 4.79 Å². The lowest BCUT2D eigenvalue weighted by Gasteiger charge is -2.32. The first kappa shape index (κ1) is 12.2. The van der Waals surface area contributed by atoms with Gasteiger partial charge in [-0.05, 0) is 23.8 Å². The van der Waals surface area contributed by atoms with Crippen LogP contribution in [0.2, 0.25) is 0 Å². The Morgan fingerprint density at radius 2 is 1.82 bits per heavy atom. The van der Waals surface area contributed by atoms with E-state index in [1.54, 1.807) is 0 Å². The predicted molar refractivity (Wildman–Crippen MR) is 69.5 cm³/mol. The Balaban J connectivity index is 2.16. The van der Waals surface area contributed by atoms with Crippen molar-refractivity contribution in [2.24, 2.45) is 11.3 Å². The molecule has 1 amide bonds. The molecule has 0 unspecified atom stereocenters. The van der Waals surface area contributed by atoms with Gasteiger partial charge >= 0.3 is 0 Å². The lowest BCUT2D eigenvalue weighted by atomic mass is 9.82. The van der Waals surface area contributed by atoms with Crippen molar-refractivity contribution >= 4 is 5.91 Å². The van der Waals surface area contributed by atoms with E-state index in [1.807, 2.05) is 18.2 Å². The van der Waals surface area contributed by atoms with Crippen LogP contribution >= 0.6 is 0 Å². The molecule has 1 saturated carbocycles. The third kappa shape index (κ3) is 3.09. The molecule has 1 aromatic rings. The van der Waals surface area contributed by atoms with Crippen LogP contribution in [-0.2, 0) is 4.79 Å². The van der Waals surface area contributed by atoms with Gasteiger partial charge in [-0.25, -0.2) is 0 Å². The number of amides is 1. The van der Waals surface area contributed by atoms with Gasteiger partial charge in [0, 0.05) is 5.92 Å². The number of carbonyl (C=O) groups is 1. The molecule has 0 saturated heterocycles. The van der Waals surface area contributed by atoms with Gasteiger partial charge in [-0.15, -0.1) is 0 Å². The molecule has 2 nitrogen and oxygen atoms in total. The summed E-state index contributed by atoms with van der Waals surface area (Å²) in [6, 6.07) is 10.3. The molecule has 1 atom stereocenters. The maximum atomic E-state index is 11.9. The molecule has 1 aliphatic carbocycles. The minimum absolute atomic E-state index is 0.0336. The van der Waals surface area contributed by atoms with Crippen LogP contribution in [0, 0.1) is 11.3 Å². The summed E-state index contributed by atoms with van der Waals surface area (Å²) in [6.07, 6.45) is 2.11. The number of carbonyl (C=O) groups excluding carboxylic acids is 1. The second kappa shape index (κ2) is 4.52. The Kier molecular flexibility index (Phi) is 3.23. The topological polar surface area (TPSA) is 29.1 Å². The molecule has 1 aliphatic rings. The van der Waals surface area contributed by atoms with Crippen LogP contribution in [0.3, 0.4) is 0 Å². The van der Waals surface area contributed by atoms with Crippen LogP contribution in [0.15, 0.2) is 30.3 Å². The summed E-state index contributed by atoms with van der Waals surface area (Å²) < 4.78 is 0. The van der Waals surface area contributed by atoms with E-state index in [9.17, 15) is 4.79 Å². The standard InChI is InChI=1S/C15H21NO/c1-15(2,3)13(11-7-5-4-6-8-11)16-14(17)12-9-10-12/h4-8,12-13H,9-10H2,1-3H3,(H,16,17)/t13-/m1/s1. The molecule has 17 heavy (non-hydrogen) atoms. The maximum absolute atomic E-state index is 11.9. The SMILES string of the molecule is CC(C)(C)[C@H](NC(=O)C1CC1)c1ccccc1. The molecule has 1 fully saturated rings. The first-order valence-corrected chi connectivity index (χ1v) is 6.34. The van der Waals surface area contributed by atoms with E-state index in [1.165, 1.54) is 5.56 Å². The average molecular weight is 231 g/mol. The fourth-order valence-corrected chi connectivity index (χ4v) is 2.05. The molecule has 0 heterocycles. The van der Waals surface area contributed by atoms with Gasteiger partial charge in [-0.1, -0.05) is 51.1 Å². The van der Waals surface area contributed by atoms with Crippen molar-refractivity contribution in [2.45, 2.75) is 39.7 Å². The van der Waals surface area contributed by atoms with E-state index in [-0.39, 0.29) is 23.3 Å². The Morgan fingerprint density at radius 3 is 2.29 bits per heavy atom. The van der Waals surface area contributed by atoms with E-state index in [4.69, 9.17) is 0 Å². The van der Waals surface area contributed by atoms with Gasteiger partial charge in [-0.2, -0.15) is 0 Å². The fourth-order valence-electron chi connectivity index (χ4n) is 2.05. The first-order chi connectivity index (χ1) is 7.98. The van der Waals surface area contributed by atoms with E-state index in [0.717, 1.165) is 12.8 Å². The largest absolute Gasteiger partial charge is 0.349 e. The molecule has 0 aromatic heterocycles. The smallest absolute Gasteiger partial charge is 0.223 e. The molecule has 92 valence electrons. The number of hydrogen-bond acceptors (Lipinski definition) is 1. The highest BCUT2D eigenvalue weighted by molar-refractivity contribution is 5.81. The van der Waals surface area contributed by atoms with Crippen molar-refractivity contribution in [3.05, 3.63) is 35.9 Å². The third-order valence-electron chi connectivity index (χ3n) is 3.23. The van der Waals surface area contributed by atoms with Crippen molar-refractivity contribution in [3.63, 3.8) is 0 Å². The highest BCUT2D eigenvalue weighted by atomic mass is 16.2. The molecule has 0 spiro atoms. The summed E-state index contributed by atoms with van der Waals surface area (Å²) in [6.45, 7) is 6.49. The Hall–Kier alpha value is -1.31. The molecule has 1 aromatic carbocycles. The Morgan fingerprint density at radius 1 is 1.24 bits per heavy atom. The minimum atomic E-state index is 0.0336. The second-order valence-corrected chi connectivity index (χ2v) is 5.99. The molecule has 0 bridgehead atoms. The molecule has 2 rings (SSSR count). The van der Waals surface area contributed by atoms with Gasteiger partial charge in [0.1, 0.15) is 0 Å². The van der Waals surface area contributed by atoms with Crippen molar-refractivity contribution < 1.29 is 4.79 Å². The van der Waals surface area contributed by atoms with Crippen molar-refractivity contribution in [1.82, 2.24) is 5.32 Å². The van der Waals surface area contributed by atoms with E-state index >= 15 is 0 Å². The van der Waals surface area contributed by atoms with Gasteiger partial charge in [0.25, 0.3) is 0 Å². The zero-order valence-electron chi connectivity index (χ0n) is 10.9. The monoisotopic (exact) mass is 231 g/mol. The highest BCUT2D eigenvalue weighted by Gasteiger charge is 2.34.